The molecule has 0 saturated carbocycles. The van der Waals surface area contributed by atoms with Gasteiger partial charge >= 0.3 is 0 Å². The zero-order valence-corrected chi connectivity index (χ0v) is 12.1. The maximum Gasteiger partial charge on any atom is 0.185 e. The van der Waals surface area contributed by atoms with Crippen molar-refractivity contribution in [2.75, 3.05) is 7.11 Å². The highest BCUT2D eigenvalue weighted by atomic mass is 79.9. The highest BCUT2D eigenvalue weighted by molar-refractivity contribution is 9.11. The molecule has 0 spiro atoms. The predicted molar refractivity (Wildman–Crippen MR) is 78.4 cm³/mol. The monoisotopic (exact) mass is 322 g/mol. The SMILES string of the molecule is COc1ccc(C(=O)C=Cc2ccc(Br)s2)cc1. The molecule has 1 aromatic carbocycles. The summed E-state index contributed by atoms with van der Waals surface area (Å²) < 4.78 is 6.10. The van der Waals surface area contributed by atoms with Gasteiger partial charge in [0.25, 0.3) is 0 Å². The predicted octanol–water partition coefficient (Wildman–Crippen LogP) is 4.42. The van der Waals surface area contributed by atoms with Crippen LogP contribution >= 0.6 is 27.3 Å². The number of halogens is 1. The van der Waals surface area contributed by atoms with Crippen molar-refractivity contribution in [3.05, 3.63) is 56.7 Å². The minimum Gasteiger partial charge on any atom is -0.497 e. The fraction of sp³-hybridized carbons (Fsp3) is 0.0714. The van der Waals surface area contributed by atoms with Crippen LogP contribution in [-0.2, 0) is 0 Å². The van der Waals surface area contributed by atoms with E-state index in [-0.39, 0.29) is 5.78 Å². The van der Waals surface area contributed by atoms with E-state index in [9.17, 15) is 4.79 Å². The second kappa shape index (κ2) is 5.98. The van der Waals surface area contributed by atoms with Crippen molar-refractivity contribution in [1.82, 2.24) is 0 Å². The van der Waals surface area contributed by atoms with Crippen LogP contribution in [0, 0.1) is 0 Å². The van der Waals surface area contributed by atoms with Crippen LogP contribution in [0.15, 0.2) is 46.3 Å². The van der Waals surface area contributed by atoms with E-state index in [1.807, 2.05) is 18.2 Å². The van der Waals surface area contributed by atoms with Crippen LogP contribution in [0.5, 0.6) is 5.75 Å². The second-order valence-corrected chi connectivity index (χ2v) is 6.06. The number of carbonyl (C=O) groups excluding carboxylic acids is 1. The molecular weight excluding hydrogens is 312 g/mol. The van der Waals surface area contributed by atoms with Gasteiger partial charge in [0.2, 0.25) is 0 Å². The van der Waals surface area contributed by atoms with E-state index < -0.39 is 0 Å². The van der Waals surface area contributed by atoms with Gasteiger partial charge in [0.05, 0.1) is 10.9 Å². The van der Waals surface area contributed by atoms with Crippen molar-refractivity contribution in [2.24, 2.45) is 0 Å². The van der Waals surface area contributed by atoms with E-state index in [0.29, 0.717) is 5.56 Å². The number of hydrogen-bond donors (Lipinski definition) is 0. The molecule has 2 rings (SSSR count). The van der Waals surface area contributed by atoms with Gasteiger partial charge in [-0.05, 0) is 64.5 Å². The fourth-order valence-corrected chi connectivity index (χ4v) is 2.75. The van der Waals surface area contributed by atoms with E-state index in [0.717, 1.165) is 14.4 Å². The minimum atomic E-state index is -0.0119. The molecule has 0 bridgehead atoms. The van der Waals surface area contributed by atoms with Gasteiger partial charge in [-0.1, -0.05) is 0 Å². The summed E-state index contributed by atoms with van der Waals surface area (Å²) in [6, 6.07) is 11.0. The first-order valence-electron chi connectivity index (χ1n) is 5.31. The number of rotatable bonds is 4. The van der Waals surface area contributed by atoms with Gasteiger partial charge in [0.1, 0.15) is 5.75 Å². The highest BCUT2D eigenvalue weighted by Gasteiger charge is 2.02. The molecule has 4 heteroatoms. The quantitative estimate of drug-likeness (QED) is 0.615. The summed E-state index contributed by atoms with van der Waals surface area (Å²) in [5.74, 6) is 0.736. The van der Waals surface area contributed by atoms with Gasteiger partial charge in [0, 0.05) is 10.4 Å². The fourth-order valence-electron chi connectivity index (χ4n) is 1.43. The molecule has 0 radical (unpaired) electrons. The van der Waals surface area contributed by atoms with Crippen molar-refractivity contribution < 1.29 is 9.53 Å². The van der Waals surface area contributed by atoms with Gasteiger partial charge in [-0.15, -0.1) is 11.3 Å². The van der Waals surface area contributed by atoms with Crippen LogP contribution in [0.25, 0.3) is 6.08 Å². The third-order valence-corrected chi connectivity index (χ3v) is 3.96. The third kappa shape index (κ3) is 3.31. The van der Waals surface area contributed by atoms with Crippen LogP contribution in [0.2, 0.25) is 0 Å². The number of ketones is 1. The number of methoxy groups -OCH3 is 1. The third-order valence-electron chi connectivity index (χ3n) is 2.37. The molecule has 0 fully saturated rings. The van der Waals surface area contributed by atoms with Gasteiger partial charge in [-0.2, -0.15) is 0 Å². The van der Waals surface area contributed by atoms with E-state index >= 15 is 0 Å². The summed E-state index contributed by atoms with van der Waals surface area (Å²) in [5.41, 5.74) is 0.655. The molecule has 0 amide bonds. The minimum absolute atomic E-state index is 0.0119. The average Bonchev–Trinajstić information content (AvgIpc) is 2.82. The smallest absolute Gasteiger partial charge is 0.185 e. The Balaban J connectivity index is 2.09. The Morgan fingerprint density at radius 2 is 1.94 bits per heavy atom. The van der Waals surface area contributed by atoms with Crippen molar-refractivity contribution in [3.63, 3.8) is 0 Å². The van der Waals surface area contributed by atoms with Crippen molar-refractivity contribution >= 4 is 39.1 Å². The van der Waals surface area contributed by atoms with Gasteiger partial charge in [-0.3, -0.25) is 4.79 Å². The topological polar surface area (TPSA) is 26.3 Å². The highest BCUT2D eigenvalue weighted by Crippen LogP contribution is 2.23. The molecule has 0 saturated heterocycles. The first kappa shape index (κ1) is 13.1. The Morgan fingerprint density at radius 1 is 1.22 bits per heavy atom. The summed E-state index contributed by atoms with van der Waals surface area (Å²) in [7, 11) is 1.60. The molecule has 0 aliphatic heterocycles. The molecule has 0 atom stereocenters. The molecular formula is C14H11BrO2S. The van der Waals surface area contributed by atoms with E-state index in [2.05, 4.69) is 15.9 Å². The molecule has 92 valence electrons. The van der Waals surface area contributed by atoms with Crippen LogP contribution in [0.4, 0.5) is 0 Å². The Hall–Kier alpha value is -1.39. The maximum atomic E-state index is 11.9. The molecule has 2 aromatic rings. The van der Waals surface area contributed by atoms with Crippen LogP contribution in [0.1, 0.15) is 15.2 Å². The zero-order valence-electron chi connectivity index (χ0n) is 9.72. The Kier molecular flexibility index (Phi) is 4.33. The molecule has 1 aromatic heterocycles. The van der Waals surface area contributed by atoms with Crippen LogP contribution in [-0.4, -0.2) is 12.9 Å². The van der Waals surface area contributed by atoms with Crippen molar-refractivity contribution in [2.45, 2.75) is 0 Å². The molecule has 18 heavy (non-hydrogen) atoms. The van der Waals surface area contributed by atoms with Crippen molar-refractivity contribution in [3.8, 4) is 5.75 Å². The molecule has 0 aliphatic rings. The molecule has 2 nitrogen and oxygen atoms in total. The lowest BCUT2D eigenvalue weighted by Gasteiger charge is -1.99. The molecule has 0 N–H and O–H groups in total. The summed E-state index contributed by atoms with van der Waals surface area (Å²) >= 11 is 4.97. The lowest BCUT2D eigenvalue weighted by molar-refractivity contribution is 0.104. The number of hydrogen-bond acceptors (Lipinski definition) is 3. The number of ether oxygens (including phenoxy) is 1. The van der Waals surface area contributed by atoms with E-state index in [4.69, 9.17) is 4.74 Å². The van der Waals surface area contributed by atoms with E-state index in [1.54, 1.807) is 48.8 Å². The first-order chi connectivity index (χ1) is 8.69. The Bertz CT molecular complexity index is 570. The zero-order chi connectivity index (χ0) is 13.0. The Morgan fingerprint density at radius 3 is 2.50 bits per heavy atom. The largest absolute Gasteiger partial charge is 0.497 e. The number of carbonyl (C=O) groups is 1. The summed E-state index contributed by atoms with van der Waals surface area (Å²) in [5, 5.41) is 0. The Labute approximate surface area is 118 Å². The standard InChI is InChI=1S/C14H11BrO2S/c1-17-11-4-2-10(3-5-11)13(16)8-6-12-7-9-14(15)18-12/h2-9H,1H3. The number of benzene rings is 1. The van der Waals surface area contributed by atoms with Crippen LogP contribution in [0.3, 0.4) is 0 Å². The van der Waals surface area contributed by atoms with Crippen LogP contribution < -0.4 is 4.74 Å². The van der Waals surface area contributed by atoms with Gasteiger partial charge in [-0.25, -0.2) is 0 Å². The maximum absolute atomic E-state index is 11.9. The average molecular weight is 323 g/mol. The number of thiophene rings is 1. The summed E-state index contributed by atoms with van der Waals surface area (Å²) in [6.45, 7) is 0. The van der Waals surface area contributed by atoms with E-state index in [1.165, 1.54) is 0 Å². The number of allylic oxidation sites excluding steroid dienone is 1. The molecule has 1 heterocycles. The molecule has 0 unspecified atom stereocenters. The van der Waals surface area contributed by atoms with Crippen molar-refractivity contribution in [1.29, 1.82) is 0 Å². The normalized spacial score (nSPS) is 10.8. The van der Waals surface area contributed by atoms with Gasteiger partial charge in [0.15, 0.2) is 5.78 Å². The lowest BCUT2D eigenvalue weighted by Crippen LogP contribution is -1.93. The second-order valence-electron chi connectivity index (χ2n) is 3.57. The molecule has 0 aliphatic carbocycles. The van der Waals surface area contributed by atoms with Gasteiger partial charge < -0.3 is 4.74 Å². The summed E-state index contributed by atoms with van der Waals surface area (Å²) in [6.07, 6.45) is 3.40. The first-order valence-corrected chi connectivity index (χ1v) is 6.92. The lowest BCUT2D eigenvalue weighted by atomic mass is 10.1. The summed E-state index contributed by atoms with van der Waals surface area (Å²) in [4.78, 5) is 12.9.